The van der Waals surface area contributed by atoms with Crippen molar-refractivity contribution >= 4 is 34.7 Å². The Balaban J connectivity index is 0. The molecule has 0 aromatic carbocycles. The number of halogens is 2. The van der Waals surface area contributed by atoms with E-state index >= 15 is 0 Å². The third-order valence-electron chi connectivity index (χ3n) is 0.491. The van der Waals surface area contributed by atoms with Crippen LogP contribution in [0.3, 0.4) is 0 Å². The van der Waals surface area contributed by atoms with Crippen LogP contribution in [0.15, 0.2) is 12.4 Å². The summed E-state index contributed by atoms with van der Waals surface area (Å²) in [6.07, 6.45) is 2.94. The molecule has 0 atom stereocenters. The van der Waals surface area contributed by atoms with Gasteiger partial charge in [0.1, 0.15) is 0 Å². The van der Waals surface area contributed by atoms with Crippen LogP contribution >= 0.6 is 11.6 Å². The van der Waals surface area contributed by atoms with Crippen molar-refractivity contribution in [3.63, 3.8) is 0 Å². The molecular weight excluding hydrogens is 216 g/mol. The molecule has 0 radical (unpaired) electrons. The van der Waals surface area contributed by atoms with Crippen molar-refractivity contribution in [1.29, 1.82) is 0 Å². The Labute approximate surface area is 85.0 Å². The van der Waals surface area contributed by atoms with Crippen LogP contribution in [0.2, 0.25) is 5.28 Å². The van der Waals surface area contributed by atoms with Crippen molar-refractivity contribution < 1.29 is 17.0 Å². The van der Waals surface area contributed by atoms with E-state index in [2.05, 4.69) is 16.0 Å². The van der Waals surface area contributed by atoms with Crippen LogP contribution in [-0.2, 0) is 0 Å². The van der Waals surface area contributed by atoms with Gasteiger partial charge in [0.2, 0.25) is 5.28 Å². The Morgan fingerprint density at radius 2 is 1.78 bits per heavy atom. The topological polar surface area (TPSA) is 25.8 Å². The van der Waals surface area contributed by atoms with Gasteiger partial charge in [-0.25, -0.2) is 0 Å². The average molecular weight is 218 g/mol. The van der Waals surface area contributed by atoms with Crippen LogP contribution in [0.1, 0.15) is 0 Å². The normalized spacial score (nSPS) is 6.78. The standard InChI is InChI=1S/C4H2ClN2.BrH.Mg/c5-4-6-2-1-3-7-4;;/h2-3H;1H;/q-1;;+2/p-1. The van der Waals surface area contributed by atoms with Crippen molar-refractivity contribution in [2.45, 2.75) is 0 Å². The molecule has 0 aliphatic carbocycles. The monoisotopic (exact) mass is 216 g/mol. The first-order chi connectivity index (χ1) is 3.39. The largest absolute Gasteiger partial charge is 2.00 e. The molecule has 2 nitrogen and oxygen atoms in total. The van der Waals surface area contributed by atoms with Crippen LogP contribution in [0.25, 0.3) is 0 Å². The molecule has 1 heterocycles. The zero-order valence-corrected chi connectivity index (χ0v) is 8.27. The van der Waals surface area contributed by atoms with Gasteiger partial charge in [-0.2, -0.15) is 0 Å². The van der Waals surface area contributed by atoms with E-state index in [9.17, 15) is 0 Å². The predicted molar refractivity (Wildman–Crippen MR) is 31.6 cm³/mol. The molecule has 0 saturated heterocycles. The molecule has 0 unspecified atom stereocenters. The molecule has 0 spiro atoms. The van der Waals surface area contributed by atoms with E-state index in [4.69, 9.17) is 11.6 Å². The Morgan fingerprint density at radius 1 is 1.33 bits per heavy atom. The third-order valence-corrected chi connectivity index (χ3v) is 0.686. The Bertz CT molecular complexity index is 148. The number of hydrogen-bond acceptors (Lipinski definition) is 2. The van der Waals surface area contributed by atoms with Gasteiger partial charge in [0, 0.05) is 0 Å². The van der Waals surface area contributed by atoms with Crippen LogP contribution < -0.4 is 17.0 Å². The van der Waals surface area contributed by atoms with E-state index in [1.165, 1.54) is 12.4 Å². The molecular formula is C4H2BrClMgN2. The van der Waals surface area contributed by atoms with Crippen molar-refractivity contribution in [3.05, 3.63) is 23.7 Å². The van der Waals surface area contributed by atoms with E-state index in [0.29, 0.717) is 0 Å². The van der Waals surface area contributed by atoms with Gasteiger partial charge in [0.15, 0.2) is 0 Å². The summed E-state index contributed by atoms with van der Waals surface area (Å²) in [4.78, 5) is 7.16. The molecule has 0 saturated carbocycles. The van der Waals surface area contributed by atoms with E-state index in [1.807, 2.05) is 0 Å². The van der Waals surface area contributed by atoms with Crippen LogP contribution in [-0.4, -0.2) is 33.0 Å². The minimum Gasteiger partial charge on any atom is -1.00 e. The van der Waals surface area contributed by atoms with Gasteiger partial charge in [0.25, 0.3) is 0 Å². The van der Waals surface area contributed by atoms with Gasteiger partial charge in [-0.15, -0.1) is 12.4 Å². The fourth-order valence-electron chi connectivity index (χ4n) is 0.248. The molecule has 0 aliphatic rings. The maximum Gasteiger partial charge on any atom is 2.00 e. The van der Waals surface area contributed by atoms with Gasteiger partial charge in [-0.05, 0) is 11.6 Å². The Kier molecular flexibility index (Phi) is 9.21. The predicted octanol–water partition coefficient (Wildman–Crippen LogP) is -2.45. The number of rotatable bonds is 0. The van der Waals surface area contributed by atoms with E-state index < -0.39 is 0 Å². The summed E-state index contributed by atoms with van der Waals surface area (Å²) in [7, 11) is 0. The van der Waals surface area contributed by atoms with Gasteiger partial charge < -0.3 is 23.0 Å². The SMILES string of the molecule is Clc1nc[c-]cn1.[Br-].[Mg+2]. The summed E-state index contributed by atoms with van der Waals surface area (Å²) in [5.74, 6) is 0. The molecule has 1 rings (SSSR count). The molecule has 44 valence electrons. The van der Waals surface area contributed by atoms with Gasteiger partial charge in [-0.1, -0.05) is 0 Å². The summed E-state index contributed by atoms with van der Waals surface area (Å²) in [6, 6.07) is 2.63. The molecule has 0 aliphatic heterocycles. The van der Waals surface area contributed by atoms with Crippen molar-refractivity contribution in [3.8, 4) is 0 Å². The zero-order chi connectivity index (χ0) is 5.11. The first-order valence-corrected chi connectivity index (χ1v) is 2.11. The van der Waals surface area contributed by atoms with Crippen LogP contribution in [0.4, 0.5) is 0 Å². The molecule has 0 bridgehead atoms. The summed E-state index contributed by atoms with van der Waals surface area (Å²) < 4.78 is 0. The maximum absolute atomic E-state index is 5.30. The molecule has 9 heavy (non-hydrogen) atoms. The van der Waals surface area contributed by atoms with E-state index in [-0.39, 0.29) is 45.3 Å². The zero-order valence-electron chi connectivity index (χ0n) is 4.51. The number of aromatic nitrogens is 2. The van der Waals surface area contributed by atoms with Gasteiger partial charge >= 0.3 is 23.1 Å². The smallest absolute Gasteiger partial charge is 1.00 e. The second-order valence-electron chi connectivity index (χ2n) is 0.952. The summed E-state index contributed by atoms with van der Waals surface area (Å²) in [6.45, 7) is 0. The molecule has 5 heteroatoms. The van der Waals surface area contributed by atoms with Crippen LogP contribution in [0.5, 0.6) is 0 Å². The van der Waals surface area contributed by atoms with Gasteiger partial charge in [-0.3, -0.25) is 9.97 Å². The second-order valence-corrected chi connectivity index (χ2v) is 1.29. The first-order valence-electron chi connectivity index (χ1n) is 1.73. The van der Waals surface area contributed by atoms with Crippen molar-refractivity contribution in [2.75, 3.05) is 0 Å². The summed E-state index contributed by atoms with van der Waals surface area (Å²) in [5, 5.41) is 0.263. The average Bonchev–Trinajstić information content (AvgIpc) is 1.69. The van der Waals surface area contributed by atoms with Crippen LogP contribution in [0, 0.1) is 6.07 Å². The molecule has 0 fully saturated rings. The molecule has 1 aromatic heterocycles. The Hall–Kier alpha value is 0.616. The maximum atomic E-state index is 5.30. The van der Waals surface area contributed by atoms with E-state index in [0.717, 1.165) is 0 Å². The summed E-state index contributed by atoms with van der Waals surface area (Å²) in [5.41, 5.74) is 0. The molecule has 0 N–H and O–H groups in total. The minimum atomic E-state index is 0. The quantitative estimate of drug-likeness (QED) is 0.274. The first kappa shape index (κ1) is 12.3. The van der Waals surface area contributed by atoms with E-state index in [1.54, 1.807) is 0 Å². The van der Waals surface area contributed by atoms with Crippen molar-refractivity contribution in [1.82, 2.24) is 9.97 Å². The second kappa shape index (κ2) is 6.73. The minimum absolute atomic E-state index is 0. The van der Waals surface area contributed by atoms with Crippen molar-refractivity contribution in [2.24, 2.45) is 0 Å². The fourth-order valence-corrected chi connectivity index (χ4v) is 0.345. The fraction of sp³-hybridized carbons (Fsp3) is 0. The molecule has 1 aromatic rings. The van der Waals surface area contributed by atoms with Gasteiger partial charge in [0.05, 0.1) is 0 Å². The molecule has 0 amide bonds. The summed E-state index contributed by atoms with van der Waals surface area (Å²) >= 11 is 5.30. The number of nitrogens with zero attached hydrogens (tertiary/aromatic N) is 2. The Morgan fingerprint density at radius 3 is 2.00 bits per heavy atom. The third kappa shape index (κ3) is 5.08. The number of hydrogen-bond donors (Lipinski definition) is 0.